The van der Waals surface area contributed by atoms with Crippen molar-refractivity contribution in [3.63, 3.8) is 0 Å². The van der Waals surface area contributed by atoms with Crippen LogP contribution in [0, 0.1) is 0 Å². The zero-order valence-electron chi connectivity index (χ0n) is 18.4. The van der Waals surface area contributed by atoms with E-state index < -0.39 is 8.07 Å². The topological polar surface area (TPSA) is 0 Å². The number of hydrogen-bond acceptors (Lipinski definition) is 0. The van der Waals surface area contributed by atoms with Crippen molar-refractivity contribution in [2.24, 2.45) is 0 Å². The van der Waals surface area contributed by atoms with Crippen molar-refractivity contribution in [2.75, 3.05) is 0 Å². The average molecular weight is 554 g/mol. The summed E-state index contributed by atoms with van der Waals surface area (Å²) in [6.07, 6.45) is 7.04. The van der Waals surface area contributed by atoms with E-state index in [4.69, 9.17) is 0 Å². The molecule has 0 bridgehead atoms. The summed E-state index contributed by atoms with van der Waals surface area (Å²) >= 11 is 2.45. The van der Waals surface area contributed by atoms with E-state index in [0.29, 0.717) is 0 Å². The predicted octanol–water partition coefficient (Wildman–Crippen LogP) is -3.93. The molecule has 0 radical (unpaired) electrons. The number of halogens is 3. The van der Waals surface area contributed by atoms with Crippen LogP contribution < -0.4 is 52.8 Å². The fourth-order valence-electron chi connectivity index (χ4n) is 5.03. The van der Waals surface area contributed by atoms with Crippen LogP contribution in [-0.4, -0.2) is 8.07 Å². The maximum absolute atomic E-state index is 2.52. The van der Waals surface area contributed by atoms with Crippen LogP contribution in [0.4, 0.5) is 0 Å². The summed E-state index contributed by atoms with van der Waals surface area (Å²) in [5, 5.41) is 4.30. The van der Waals surface area contributed by atoms with Gasteiger partial charge >= 0.3 is 198 Å². The van der Waals surface area contributed by atoms with Crippen molar-refractivity contribution in [1.29, 1.82) is 0 Å². The molecule has 5 rings (SSSR count). The zero-order valence-corrected chi connectivity index (χ0v) is 23.2. The molecule has 4 aromatic rings. The Morgan fingerprint density at radius 3 is 1.24 bits per heavy atom. The second kappa shape index (κ2) is 12.2. The van der Waals surface area contributed by atoms with E-state index in [2.05, 4.69) is 160 Å². The normalized spacial score (nSPS) is 16.5. The van der Waals surface area contributed by atoms with Gasteiger partial charge in [0.2, 0.25) is 0 Å². The minimum absolute atomic E-state index is 0. The van der Waals surface area contributed by atoms with E-state index in [1.54, 1.807) is 0 Å². The summed E-state index contributed by atoms with van der Waals surface area (Å²) in [7, 11) is -2.52. The molecular weight excluding hydrogens is 531 g/mol. The Bertz CT molecular complexity index is 1130. The number of benzene rings is 4. The van der Waals surface area contributed by atoms with Crippen LogP contribution in [0.5, 0.6) is 0 Å². The van der Waals surface area contributed by atoms with Crippen LogP contribution in [-0.2, 0) is 20.4 Å². The van der Waals surface area contributed by atoms with Crippen LogP contribution in [0.2, 0.25) is 3.34 Å². The molecule has 34 heavy (non-hydrogen) atoms. The first-order chi connectivity index (χ1) is 15.3. The monoisotopic (exact) mass is 552 g/mol. The molecule has 0 saturated carbocycles. The molecule has 1 atom stereocenters. The molecule has 0 saturated heterocycles. The summed E-state index contributed by atoms with van der Waals surface area (Å²) < 4.78 is -0.140. The molecule has 0 spiro atoms. The van der Waals surface area contributed by atoms with E-state index in [9.17, 15) is 0 Å². The van der Waals surface area contributed by atoms with E-state index in [0.717, 1.165) is 0 Å². The van der Waals surface area contributed by atoms with Crippen LogP contribution >= 0.6 is 0 Å². The molecule has 0 fully saturated rings. The SMILES string of the molecule is [Cl-].[Cl-].[Cl-].[Ti+3][C]1([Si](c2ccccc2)(c2ccccc2)c2ccccc2)C=CC=C1c1ccccc1. The molecular formula is C29H23Cl3SiTi. The second-order valence-corrected chi connectivity index (χ2v) is 14.0. The maximum atomic E-state index is 2.45. The average Bonchev–Trinajstić information content (AvgIpc) is 3.25. The molecule has 0 nitrogen and oxygen atoms in total. The Kier molecular flexibility index (Phi) is 10.2. The third-order valence-electron chi connectivity index (χ3n) is 6.33. The number of hydrogen-bond donors (Lipinski definition) is 0. The van der Waals surface area contributed by atoms with Crippen molar-refractivity contribution in [3.05, 3.63) is 145 Å². The van der Waals surface area contributed by atoms with Gasteiger partial charge in [-0.2, -0.15) is 0 Å². The van der Waals surface area contributed by atoms with Crippen LogP contribution in [0.1, 0.15) is 5.56 Å². The molecule has 0 N–H and O–H groups in total. The molecule has 0 heterocycles. The first kappa shape index (κ1) is 28.4. The molecule has 168 valence electrons. The van der Waals surface area contributed by atoms with Gasteiger partial charge in [0.25, 0.3) is 0 Å². The molecule has 1 aliphatic carbocycles. The van der Waals surface area contributed by atoms with Gasteiger partial charge in [0.05, 0.1) is 0 Å². The van der Waals surface area contributed by atoms with E-state index >= 15 is 0 Å². The quantitative estimate of drug-likeness (QED) is 0.175. The molecule has 4 aromatic carbocycles. The molecule has 0 aromatic heterocycles. The Hall–Kier alpha value is -1.84. The van der Waals surface area contributed by atoms with Gasteiger partial charge in [0.15, 0.2) is 0 Å². The molecule has 5 heteroatoms. The van der Waals surface area contributed by atoms with Gasteiger partial charge in [0, 0.05) is 0 Å². The van der Waals surface area contributed by atoms with Crippen molar-refractivity contribution in [3.8, 4) is 0 Å². The van der Waals surface area contributed by atoms with Crippen molar-refractivity contribution in [2.45, 2.75) is 3.34 Å². The van der Waals surface area contributed by atoms with Gasteiger partial charge in [-0.15, -0.1) is 0 Å². The molecule has 0 aliphatic heterocycles. The van der Waals surface area contributed by atoms with Crippen LogP contribution in [0.3, 0.4) is 0 Å². The summed E-state index contributed by atoms with van der Waals surface area (Å²) in [6, 6.07) is 44.4. The van der Waals surface area contributed by atoms with Gasteiger partial charge in [-0.05, 0) is 0 Å². The van der Waals surface area contributed by atoms with Gasteiger partial charge < -0.3 is 37.2 Å². The van der Waals surface area contributed by atoms with Gasteiger partial charge in [0.1, 0.15) is 0 Å². The summed E-state index contributed by atoms with van der Waals surface area (Å²) in [5.74, 6) is 0. The van der Waals surface area contributed by atoms with Crippen LogP contribution in [0.15, 0.2) is 140 Å². The first-order valence-corrected chi connectivity index (χ1v) is 13.4. The zero-order chi connectivity index (χ0) is 21.2. The molecule has 1 aliphatic rings. The standard InChI is InChI=1S/C29H23Si.3ClH.Ti/c1-5-14-24(15-6-1)28-22-13-23-29(28)30(25-16-7-2-8-17-25,26-18-9-3-10-19-26)27-20-11-4-12-21-27;;;;/h1-23H;3*1H;/q;;;;+3/p-3. The Morgan fingerprint density at radius 1 is 0.500 bits per heavy atom. The van der Waals surface area contributed by atoms with E-state index in [1.165, 1.54) is 26.7 Å². The third-order valence-corrected chi connectivity index (χ3v) is 14.0. The number of allylic oxidation sites excluding steroid dienone is 4. The Morgan fingerprint density at radius 2 is 0.853 bits per heavy atom. The van der Waals surface area contributed by atoms with Crippen LogP contribution in [0.25, 0.3) is 5.57 Å². The minimum atomic E-state index is -2.52. The van der Waals surface area contributed by atoms with Crippen molar-refractivity contribution >= 4 is 29.2 Å². The van der Waals surface area contributed by atoms with Gasteiger partial charge in [-0.3, -0.25) is 0 Å². The molecule has 0 amide bonds. The first-order valence-electron chi connectivity index (χ1n) is 10.6. The summed E-state index contributed by atoms with van der Waals surface area (Å²) in [4.78, 5) is 0. The fourth-order valence-corrected chi connectivity index (χ4v) is 13.0. The van der Waals surface area contributed by atoms with Crippen molar-refractivity contribution in [1.82, 2.24) is 0 Å². The van der Waals surface area contributed by atoms with E-state index in [-0.39, 0.29) is 40.6 Å². The fraction of sp³-hybridized carbons (Fsp3) is 0.0345. The Labute approximate surface area is 233 Å². The Balaban J connectivity index is 0.00000136. The van der Waals surface area contributed by atoms with E-state index in [1.807, 2.05) is 0 Å². The summed E-state index contributed by atoms with van der Waals surface area (Å²) in [5.41, 5.74) is 2.70. The van der Waals surface area contributed by atoms with Crippen molar-refractivity contribution < 1.29 is 57.7 Å². The van der Waals surface area contributed by atoms with Gasteiger partial charge in [-0.1, -0.05) is 0 Å². The second-order valence-electron chi connectivity index (χ2n) is 7.96. The molecule has 1 unspecified atom stereocenters. The summed E-state index contributed by atoms with van der Waals surface area (Å²) in [6.45, 7) is 0. The number of rotatable bonds is 5. The predicted molar refractivity (Wildman–Crippen MR) is 130 cm³/mol. The third kappa shape index (κ3) is 4.66. The van der Waals surface area contributed by atoms with Gasteiger partial charge in [-0.25, -0.2) is 0 Å².